The summed E-state index contributed by atoms with van der Waals surface area (Å²) in [6, 6.07) is 10.0. The van der Waals surface area contributed by atoms with E-state index in [4.69, 9.17) is 23.2 Å². The Bertz CT molecular complexity index is 722. The summed E-state index contributed by atoms with van der Waals surface area (Å²) in [5.74, 6) is 0. The fourth-order valence-electron chi connectivity index (χ4n) is 1.61. The number of aldehydes is 1. The molecule has 0 bridgehead atoms. The molecule has 2 rings (SSSR count). The van der Waals surface area contributed by atoms with Crippen molar-refractivity contribution in [2.75, 3.05) is 0 Å². The van der Waals surface area contributed by atoms with Gasteiger partial charge >= 0.3 is 0 Å². The standard InChI is InChI=1S/C13H8Cl2O3S/c14-9-4-6-10(7-5-9)19(17,18)13-3-1-2-12(15)11(13)8-16/h1-8H. The first-order valence-electron chi connectivity index (χ1n) is 5.21. The van der Waals surface area contributed by atoms with Crippen LogP contribution in [0.15, 0.2) is 52.3 Å². The fourth-order valence-corrected chi connectivity index (χ4v) is 3.46. The Morgan fingerprint density at radius 3 is 2.16 bits per heavy atom. The van der Waals surface area contributed by atoms with E-state index in [9.17, 15) is 13.2 Å². The largest absolute Gasteiger partial charge is 0.298 e. The lowest BCUT2D eigenvalue weighted by molar-refractivity contribution is 0.112. The molecule has 2 aromatic carbocycles. The van der Waals surface area contributed by atoms with E-state index in [1.54, 1.807) is 0 Å². The van der Waals surface area contributed by atoms with Crippen LogP contribution in [0, 0.1) is 0 Å². The van der Waals surface area contributed by atoms with Gasteiger partial charge in [0.15, 0.2) is 6.29 Å². The van der Waals surface area contributed by atoms with Gasteiger partial charge < -0.3 is 0 Å². The number of hydrogen-bond acceptors (Lipinski definition) is 3. The van der Waals surface area contributed by atoms with Crippen molar-refractivity contribution in [1.82, 2.24) is 0 Å². The molecule has 0 radical (unpaired) electrons. The van der Waals surface area contributed by atoms with Crippen molar-refractivity contribution < 1.29 is 13.2 Å². The summed E-state index contributed by atoms with van der Waals surface area (Å²) < 4.78 is 24.8. The van der Waals surface area contributed by atoms with E-state index in [1.807, 2.05) is 0 Å². The van der Waals surface area contributed by atoms with Gasteiger partial charge in [0.1, 0.15) is 0 Å². The highest BCUT2D eigenvalue weighted by molar-refractivity contribution is 7.91. The molecule has 0 aromatic heterocycles. The third-order valence-corrected chi connectivity index (χ3v) is 4.95. The molecular weight excluding hydrogens is 307 g/mol. The highest BCUT2D eigenvalue weighted by Crippen LogP contribution is 2.28. The van der Waals surface area contributed by atoms with Gasteiger partial charge in [0.2, 0.25) is 9.84 Å². The van der Waals surface area contributed by atoms with E-state index in [0.717, 1.165) is 0 Å². The van der Waals surface area contributed by atoms with Crippen molar-refractivity contribution in [1.29, 1.82) is 0 Å². The molecular formula is C13H8Cl2O3S. The van der Waals surface area contributed by atoms with Crippen LogP contribution >= 0.6 is 23.2 Å². The summed E-state index contributed by atoms with van der Waals surface area (Å²) in [5.41, 5.74) is -0.0425. The van der Waals surface area contributed by atoms with Gasteiger partial charge in [-0.15, -0.1) is 0 Å². The Balaban J connectivity index is 2.67. The molecule has 98 valence electrons. The minimum Gasteiger partial charge on any atom is -0.298 e. The number of hydrogen-bond donors (Lipinski definition) is 0. The van der Waals surface area contributed by atoms with E-state index < -0.39 is 9.84 Å². The molecule has 19 heavy (non-hydrogen) atoms. The van der Waals surface area contributed by atoms with Crippen molar-refractivity contribution in [3.05, 3.63) is 58.1 Å². The van der Waals surface area contributed by atoms with Crippen molar-refractivity contribution in [2.24, 2.45) is 0 Å². The lowest BCUT2D eigenvalue weighted by Gasteiger charge is -2.08. The first kappa shape index (κ1) is 14.1. The van der Waals surface area contributed by atoms with E-state index in [0.29, 0.717) is 11.3 Å². The summed E-state index contributed by atoms with van der Waals surface area (Å²) in [6.45, 7) is 0. The number of benzene rings is 2. The number of halogens is 2. The second-order valence-electron chi connectivity index (χ2n) is 3.73. The normalized spacial score (nSPS) is 11.3. The van der Waals surface area contributed by atoms with E-state index >= 15 is 0 Å². The van der Waals surface area contributed by atoms with Gasteiger partial charge in [-0.1, -0.05) is 29.3 Å². The maximum Gasteiger partial charge on any atom is 0.207 e. The molecule has 0 atom stereocenters. The van der Waals surface area contributed by atoms with Gasteiger partial charge in [0, 0.05) is 5.02 Å². The minimum absolute atomic E-state index is 0.0425. The number of carbonyl (C=O) groups excluding carboxylic acids is 1. The van der Waals surface area contributed by atoms with Crippen molar-refractivity contribution in [3.63, 3.8) is 0 Å². The first-order valence-corrected chi connectivity index (χ1v) is 7.45. The molecule has 0 aliphatic rings. The fraction of sp³-hybridized carbons (Fsp3) is 0. The van der Waals surface area contributed by atoms with Crippen LogP contribution in [0.5, 0.6) is 0 Å². The van der Waals surface area contributed by atoms with Gasteiger partial charge in [-0.3, -0.25) is 4.79 Å². The average Bonchev–Trinajstić information content (AvgIpc) is 2.39. The quantitative estimate of drug-likeness (QED) is 0.813. The van der Waals surface area contributed by atoms with Gasteiger partial charge in [0.05, 0.1) is 20.4 Å². The molecule has 0 unspecified atom stereocenters. The average molecular weight is 315 g/mol. The lowest BCUT2D eigenvalue weighted by Crippen LogP contribution is -2.05. The molecule has 3 nitrogen and oxygen atoms in total. The summed E-state index contributed by atoms with van der Waals surface area (Å²) in [4.78, 5) is 11.0. The predicted molar refractivity (Wildman–Crippen MR) is 73.7 cm³/mol. The molecule has 2 aromatic rings. The van der Waals surface area contributed by atoms with Gasteiger partial charge in [-0.2, -0.15) is 0 Å². The van der Waals surface area contributed by atoms with Crippen LogP contribution in [-0.4, -0.2) is 14.7 Å². The molecule has 6 heteroatoms. The van der Waals surface area contributed by atoms with Crippen LogP contribution in [0.1, 0.15) is 10.4 Å². The number of sulfone groups is 1. The Labute approximate surface area is 120 Å². The summed E-state index contributed by atoms with van der Waals surface area (Å²) in [5, 5.41) is 0.533. The second-order valence-corrected chi connectivity index (χ2v) is 6.49. The highest BCUT2D eigenvalue weighted by Gasteiger charge is 2.22. The van der Waals surface area contributed by atoms with E-state index in [-0.39, 0.29) is 20.4 Å². The van der Waals surface area contributed by atoms with Gasteiger partial charge in [-0.05, 0) is 36.4 Å². The molecule has 0 fully saturated rings. The third kappa shape index (κ3) is 2.66. The Morgan fingerprint density at radius 1 is 0.947 bits per heavy atom. The number of carbonyl (C=O) groups is 1. The van der Waals surface area contributed by atoms with E-state index in [2.05, 4.69) is 0 Å². The molecule has 0 saturated carbocycles. The first-order chi connectivity index (χ1) is 8.96. The van der Waals surface area contributed by atoms with Crippen molar-refractivity contribution in [2.45, 2.75) is 9.79 Å². The Kier molecular flexibility index (Phi) is 3.94. The van der Waals surface area contributed by atoms with Crippen LogP contribution in [0.2, 0.25) is 10.0 Å². The molecule has 0 aliphatic heterocycles. The Morgan fingerprint density at radius 2 is 1.58 bits per heavy atom. The molecule has 0 N–H and O–H groups in total. The van der Waals surface area contributed by atoms with Gasteiger partial charge in [-0.25, -0.2) is 8.42 Å². The summed E-state index contributed by atoms with van der Waals surface area (Å²) in [6.07, 6.45) is 0.436. The van der Waals surface area contributed by atoms with E-state index in [1.165, 1.54) is 42.5 Å². The second kappa shape index (κ2) is 5.33. The van der Waals surface area contributed by atoms with Crippen LogP contribution in [0.25, 0.3) is 0 Å². The maximum atomic E-state index is 12.4. The molecule has 0 heterocycles. The van der Waals surface area contributed by atoms with Crippen LogP contribution in [0.3, 0.4) is 0 Å². The smallest absolute Gasteiger partial charge is 0.207 e. The molecule has 0 saturated heterocycles. The van der Waals surface area contributed by atoms with Crippen LogP contribution in [-0.2, 0) is 9.84 Å². The zero-order valence-electron chi connectivity index (χ0n) is 9.51. The minimum atomic E-state index is -3.80. The monoisotopic (exact) mass is 314 g/mol. The lowest BCUT2D eigenvalue weighted by atomic mass is 10.2. The van der Waals surface area contributed by atoms with Gasteiger partial charge in [0.25, 0.3) is 0 Å². The topological polar surface area (TPSA) is 51.2 Å². The molecule has 0 aliphatic carbocycles. The zero-order valence-corrected chi connectivity index (χ0v) is 11.8. The molecule has 0 amide bonds. The number of rotatable bonds is 3. The molecule has 0 spiro atoms. The highest BCUT2D eigenvalue weighted by atomic mass is 35.5. The summed E-state index contributed by atoms with van der Waals surface area (Å²) in [7, 11) is -3.80. The van der Waals surface area contributed by atoms with Crippen molar-refractivity contribution >= 4 is 39.3 Å². The van der Waals surface area contributed by atoms with Crippen LogP contribution in [0.4, 0.5) is 0 Å². The summed E-state index contributed by atoms with van der Waals surface area (Å²) >= 11 is 11.6. The van der Waals surface area contributed by atoms with Crippen LogP contribution < -0.4 is 0 Å². The third-order valence-electron chi connectivity index (χ3n) is 2.54. The Hall–Kier alpha value is -1.36. The SMILES string of the molecule is O=Cc1c(Cl)cccc1S(=O)(=O)c1ccc(Cl)cc1. The zero-order chi connectivity index (χ0) is 14.0. The van der Waals surface area contributed by atoms with Crippen molar-refractivity contribution in [3.8, 4) is 0 Å². The maximum absolute atomic E-state index is 12.4. The predicted octanol–water partition coefficient (Wildman–Crippen LogP) is 3.64.